The van der Waals surface area contributed by atoms with Crippen molar-refractivity contribution in [1.82, 2.24) is 9.88 Å². The first kappa shape index (κ1) is 16.8. The van der Waals surface area contributed by atoms with Gasteiger partial charge < -0.3 is 10.6 Å². The van der Waals surface area contributed by atoms with E-state index in [2.05, 4.69) is 18.0 Å². The molecule has 1 fully saturated rings. The van der Waals surface area contributed by atoms with Gasteiger partial charge in [-0.1, -0.05) is 30.0 Å². The van der Waals surface area contributed by atoms with Gasteiger partial charge in [0.2, 0.25) is 11.8 Å². The lowest BCUT2D eigenvalue weighted by atomic mass is 9.97. The molecule has 1 aliphatic heterocycles. The molecule has 0 spiro atoms. The fourth-order valence-electron chi connectivity index (χ4n) is 3.06. The maximum atomic E-state index is 12.4. The van der Waals surface area contributed by atoms with E-state index in [1.54, 1.807) is 4.90 Å². The number of thioether (sulfide) groups is 1. The predicted octanol–water partition coefficient (Wildman–Crippen LogP) is 2.36. The zero-order valence-electron chi connectivity index (χ0n) is 13.7. The first-order valence-electron chi connectivity index (χ1n) is 8.11. The maximum Gasteiger partial charge on any atom is 0.233 e. The summed E-state index contributed by atoms with van der Waals surface area (Å²) in [6.07, 6.45) is 1.61. The van der Waals surface area contributed by atoms with Crippen molar-refractivity contribution in [3.8, 4) is 0 Å². The quantitative estimate of drug-likeness (QED) is 0.865. The number of hydrogen-bond acceptors (Lipinski definition) is 4. The molecular formula is C18H21N3O2S. The number of fused-ring (bicyclic) bond motifs is 1. The number of benzene rings is 1. The van der Waals surface area contributed by atoms with Gasteiger partial charge in [-0.3, -0.25) is 9.59 Å². The van der Waals surface area contributed by atoms with Crippen molar-refractivity contribution < 1.29 is 9.59 Å². The maximum absolute atomic E-state index is 12.4. The number of likely N-dealkylation sites (tertiary alicyclic amines) is 1. The highest BCUT2D eigenvalue weighted by molar-refractivity contribution is 7.99. The smallest absolute Gasteiger partial charge is 0.233 e. The van der Waals surface area contributed by atoms with Crippen LogP contribution >= 0.6 is 11.8 Å². The molecular weight excluding hydrogens is 322 g/mol. The van der Waals surface area contributed by atoms with Crippen LogP contribution in [0.1, 0.15) is 18.4 Å². The molecule has 24 heavy (non-hydrogen) atoms. The average molecular weight is 343 g/mol. The summed E-state index contributed by atoms with van der Waals surface area (Å²) in [6.45, 7) is 3.20. The fourth-order valence-corrected chi connectivity index (χ4v) is 3.93. The molecule has 6 heteroatoms. The molecule has 1 saturated heterocycles. The second kappa shape index (κ2) is 7.21. The van der Waals surface area contributed by atoms with E-state index in [9.17, 15) is 9.59 Å². The first-order valence-corrected chi connectivity index (χ1v) is 9.09. The van der Waals surface area contributed by atoms with Crippen LogP contribution in [0, 0.1) is 12.8 Å². The van der Waals surface area contributed by atoms with Crippen molar-refractivity contribution >= 4 is 34.5 Å². The highest BCUT2D eigenvalue weighted by Gasteiger charge is 2.26. The monoisotopic (exact) mass is 343 g/mol. The van der Waals surface area contributed by atoms with Crippen molar-refractivity contribution in [1.29, 1.82) is 0 Å². The molecule has 126 valence electrons. The molecule has 1 aromatic carbocycles. The summed E-state index contributed by atoms with van der Waals surface area (Å²) in [7, 11) is 0. The Morgan fingerprint density at radius 3 is 2.96 bits per heavy atom. The lowest BCUT2D eigenvalue weighted by Gasteiger charge is -2.31. The van der Waals surface area contributed by atoms with E-state index in [-0.39, 0.29) is 17.7 Å². The van der Waals surface area contributed by atoms with Crippen LogP contribution in [0.2, 0.25) is 0 Å². The van der Waals surface area contributed by atoms with Crippen LogP contribution < -0.4 is 5.73 Å². The third-order valence-electron chi connectivity index (χ3n) is 4.42. The molecule has 0 unspecified atom stereocenters. The largest absolute Gasteiger partial charge is 0.369 e. The molecule has 5 nitrogen and oxygen atoms in total. The molecule has 1 aliphatic rings. The van der Waals surface area contributed by atoms with Crippen LogP contribution in [0.15, 0.2) is 35.4 Å². The summed E-state index contributed by atoms with van der Waals surface area (Å²) in [4.78, 5) is 30.1. The Morgan fingerprint density at radius 1 is 1.38 bits per heavy atom. The van der Waals surface area contributed by atoms with Crippen molar-refractivity contribution in [3.05, 3.63) is 35.9 Å². The number of hydrogen-bond donors (Lipinski definition) is 1. The van der Waals surface area contributed by atoms with Crippen LogP contribution in [0.4, 0.5) is 0 Å². The van der Waals surface area contributed by atoms with Gasteiger partial charge in [-0.25, -0.2) is 4.98 Å². The number of amides is 2. The summed E-state index contributed by atoms with van der Waals surface area (Å²) in [5.74, 6) is -0.157. The third kappa shape index (κ3) is 3.70. The molecule has 1 aromatic heterocycles. The van der Waals surface area contributed by atoms with Gasteiger partial charge in [-0.15, -0.1) is 0 Å². The number of carbonyl (C=O) groups is 2. The Morgan fingerprint density at radius 2 is 2.17 bits per heavy atom. The van der Waals surface area contributed by atoms with E-state index < -0.39 is 0 Å². The zero-order chi connectivity index (χ0) is 17.1. The molecule has 0 saturated carbocycles. The molecule has 0 aliphatic carbocycles. The summed E-state index contributed by atoms with van der Waals surface area (Å²) in [5.41, 5.74) is 7.47. The minimum atomic E-state index is -0.313. The van der Waals surface area contributed by atoms with Gasteiger partial charge in [0, 0.05) is 18.5 Å². The minimum absolute atomic E-state index is 0.0403. The van der Waals surface area contributed by atoms with Crippen LogP contribution in [0.3, 0.4) is 0 Å². The van der Waals surface area contributed by atoms with Crippen molar-refractivity contribution in [2.75, 3.05) is 18.8 Å². The van der Waals surface area contributed by atoms with E-state index in [0.29, 0.717) is 18.8 Å². The fraction of sp³-hybridized carbons (Fsp3) is 0.389. The van der Waals surface area contributed by atoms with Crippen molar-refractivity contribution in [2.45, 2.75) is 24.8 Å². The number of pyridine rings is 1. The average Bonchev–Trinajstić information content (AvgIpc) is 2.60. The zero-order valence-corrected chi connectivity index (χ0v) is 14.5. The van der Waals surface area contributed by atoms with Crippen molar-refractivity contribution in [3.63, 3.8) is 0 Å². The summed E-state index contributed by atoms with van der Waals surface area (Å²) < 4.78 is 0. The van der Waals surface area contributed by atoms with E-state index in [1.165, 1.54) is 11.8 Å². The molecule has 0 bridgehead atoms. The number of primary amides is 1. The predicted molar refractivity (Wildman–Crippen MR) is 95.7 cm³/mol. The Hall–Kier alpha value is -2.08. The van der Waals surface area contributed by atoms with E-state index >= 15 is 0 Å². The van der Waals surface area contributed by atoms with Gasteiger partial charge in [0.25, 0.3) is 0 Å². The van der Waals surface area contributed by atoms with Crippen LogP contribution in [-0.2, 0) is 9.59 Å². The Labute approximate surface area is 145 Å². The molecule has 2 amide bonds. The molecule has 2 N–H and O–H groups in total. The summed E-state index contributed by atoms with van der Waals surface area (Å²) in [6, 6.07) is 10.0. The topological polar surface area (TPSA) is 76.3 Å². The summed E-state index contributed by atoms with van der Waals surface area (Å²) in [5, 5.41) is 1.98. The minimum Gasteiger partial charge on any atom is -0.369 e. The highest BCUT2D eigenvalue weighted by Crippen LogP contribution is 2.24. The second-order valence-electron chi connectivity index (χ2n) is 6.16. The normalized spacial score (nSPS) is 17.9. The first-order chi connectivity index (χ1) is 11.5. The molecule has 0 radical (unpaired) electrons. The van der Waals surface area contributed by atoms with Crippen molar-refractivity contribution in [2.24, 2.45) is 11.7 Å². The highest BCUT2D eigenvalue weighted by atomic mass is 32.2. The van der Waals surface area contributed by atoms with Gasteiger partial charge in [0.15, 0.2) is 0 Å². The van der Waals surface area contributed by atoms with Gasteiger partial charge in [-0.05, 0) is 37.5 Å². The number of rotatable bonds is 4. The number of piperidine rings is 1. The Kier molecular flexibility index (Phi) is 5.04. The number of carbonyl (C=O) groups excluding carboxylic acids is 2. The van der Waals surface area contributed by atoms with Crippen LogP contribution in [0.25, 0.3) is 10.9 Å². The van der Waals surface area contributed by atoms with Crippen LogP contribution in [-0.4, -0.2) is 40.5 Å². The molecule has 2 aromatic rings. The van der Waals surface area contributed by atoms with Gasteiger partial charge in [-0.2, -0.15) is 0 Å². The van der Waals surface area contributed by atoms with Gasteiger partial charge in [0.05, 0.1) is 22.2 Å². The van der Waals surface area contributed by atoms with Crippen LogP contribution in [0.5, 0.6) is 0 Å². The lowest BCUT2D eigenvalue weighted by molar-refractivity contribution is -0.132. The Bertz CT molecular complexity index is 778. The van der Waals surface area contributed by atoms with E-state index in [1.807, 2.05) is 24.3 Å². The number of aromatic nitrogens is 1. The SMILES string of the molecule is Cc1cc(SCC(=O)N2CCC[C@H](C(N)=O)C2)nc2ccccc12. The molecule has 2 heterocycles. The molecule has 3 rings (SSSR count). The lowest BCUT2D eigenvalue weighted by Crippen LogP contribution is -2.44. The van der Waals surface area contributed by atoms with E-state index in [4.69, 9.17) is 5.73 Å². The second-order valence-corrected chi connectivity index (χ2v) is 7.16. The number of para-hydroxylation sites is 1. The number of nitrogens with two attached hydrogens (primary N) is 1. The third-order valence-corrected chi connectivity index (χ3v) is 5.32. The van der Waals surface area contributed by atoms with Gasteiger partial charge >= 0.3 is 0 Å². The summed E-state index contributed by atoms with van der Waals surface area (Å²) >= 11 is 1.44. The standard InChI is InChI=1S/C18H21N3O2S/c1-12-9-16(20-15-7-3-2-6-14(12)15)24-11-17(22)21-8-4-5-13(10-21)18(19)23/h2-3,6-7,9,13H,4-5,8,10-11H2,1H3,(H2,19,23)/t13-/m0/s1. The Balaban J connectivity index is 1.65. The number of nitrogens with zero attached hydrogens (tertiary/aromatic N) is 2. The van der Waals surface area contributed by atoms with E-state index in [0.717, 1.165) is 34.3 Å². The number of aryl methyl sites for hydroxylation is 1. The van der Waals surface area contributed by atoms with Gasteiger partial charge in [0.1, 0.15) is 0 Å². The molecule has 1 atom stereocenters.